The van der Waals surface area contributed by atoms with E-state index in [1.54, 1.807) is 18.0 Å². The van der Waals surface area contributed by atoms with Gasteiger partial charge in [0, 0.05) is 24.5 Å². The van der Waals surface area contributed by atoms with Crippen molar-refractivity contribution in [3.8, 4) is 0 Å². The predicted octanol–water partition coefficient (Wildman–Crippen LogP) is 1.53. The van der Waals surface area contributed by atoms with Crippen molar-refractivity contribution in [3.63, 3.8) is 0 Å². The smallest absolute Gasteiger partial charge is 0.276 e. The molecule has 1 heterocycles. The Morgan fingerprint density at radius 1 is 1.85 bits per heavy atom. The Hall–Kier alpha value is -0.840. The Labute approximate surface area is 85.0 Å². The number of aromatic nitrogens is 1. The number of rotatable bonds is 3. The van der Waals surface area contributed by atoms with E-state index in [9.17, 15) is 4.79 Å². The molecular weight excluding hydrogens is 236 g/mol. The molecule has 5 heteroatoms. The van der Waals surface area contributed by atoms with Gasteiger partial charge in [-0.25, -0.2) is 0 Å². The molecule has 0 saturated heterocycles. The molecule has 0 aromatic carbocycles. The van der Waals surface area contributed by atoms with Crippen LogP contribution in [0.4, 0.5) is 0 Å². The Balaban J connectivity index is 2.68. The minimum Gasteiger partial charge on any atom is -0.364 e. The summed E-state index contributed by atoms with van der Waals surface area (Å²) in [5.74, 6) is -0.124. The Morgan fingerprint density at radius 2 is 2.54 bits per heavy atom. The van der Waals surface area contributed by atoms with E-state index in [2.05, 4.69) is 25.6 Å². The molecule has 0 N–H and O–H groups in total. The van der Waals surface area contributed by atoms with Crippen LogP contribution >= 0.6 is 15.9 Å². The second kappa shape index (κ2) is 4.41. The maximum absolute atomic E-state index is 11.6. The van der Waals surface area contributed by atoms with Crippen LogP contribution in [0.2, 0.25) is 0 Å². The lowest BCUT2D eigenvalue weighted by molar-refractivity contribution is 0.0747. The number of halogens is 1. The Morgan fingerprint density at radius 3 is 3.00 bits per heavy atom. The van der Waals surface area contributed by atoms with Gasteiger partial charge in [0.05, 0.1) is 0 Å². The number of alkyl halides is 1. The molecule has 1 rings (SSSR count). The third-order valence-corrected chi connectivity index (χ3v) is 2.80. The van der Waals surface area contributed by atoms with Gasteiger partial charge in [0.15, 0.2) is 5.69 Å². The van der Waals surface area contributed by atoms with Crippen LogP contribution in [0.5, 0.6) is 0 Å². The fraction of sp³-hybridized carbons (Fsp3) is 0.500. The fourth-order valence-electron chi connectivity index (χ4n) is 0.807. The standard InChI is InChI=1S/C8H11BrN2O2/c1-6(5-9)11(2)8(12)7-3-4-13-10-7/h3-4,6H,5H2,1-2H3. The molecule has 1 unspecified atom stereocenters. The van der Waals surface area contributed by atoms with E-state index < -0.39 is 0 Å². The van der Waals surface area contributed by atoms with Crippen molar-refractivity contribution in [2.75, 3.05) is 12.4 Å². The molecule has 1 aromatic rings. The first-order chi connectivity index (χ1) is 6.16. The zero-order valence-electron chi connectivity index (χ0n) is 7.53. The van der Waals surface area contributed by atoms with Crippen molar-refractivity contribution in [1.29, 1.82) is 0 Å². The number of hydrogen-bond acceptors (Lipinski definition) is 3. The van der Waals surface area contributed by atoms with E-state index in [4.69, 9.17) is 0 Å². The first-order valence-electron chi connectivity index (χ1n) is 3.90. The van der Waals surface area contributed by atoms with Crippen molar-refractivity contribution in [1.82, 2.24) is 10.1 Å². The normalized spacial score (nSPS) is 12.5. The molecule has 1 atom stereocenters. The average Bonchev–Trinajstić information content (AvgIpc) is 2.67. The molecule has 0 radical (unpaired) electrons. The van der Waals surface area contributed by atoms with Crippen LogP contribution in [0.15, 0.2) is 16.9 Å². The van der Waals surface area contributed by atoms with Crippen molar-refractivity contribution in [2.24, 2.45) is 0 Å². The topological polar surface area (TPSA) is 46.3 Å². The summed E-state index contributed by atoms with van der Waals surface area (Å²) >= 11 is 3.31. The lowest BCUT2D eigenvalue weighted by Gasteiger charge is -2.21. The minimum atomic E-state index is -0.124. The zero-order valence-corrected chi connectivity index (χ0v) is 9.11. The van der Waals surface area contributed by atoms with Crippen molar-refractivity contribution >= 4 is 21.8 Å². The Bertz CT molecular complexity index is 274. The summed E-state index contributed by atoms with van der Waals surface area (Å²) < 4.78 is 4.59. The molecule has 0 spiro atoms. The van der Waals surface area contributed by atoms with Gasteiger partial charge in [0.25, 0.3) is 5.91 Å². The van der Waals surface area contributed by atoms with E-state index in [0.717, 1.165) is 5.33 Å². The van der Waals surface area contributed by atoms with E-state index in [1.165, 1.54) is 6.26 Å². The van der Waals surface area contributed by atoms with Gasteiger partial charge in [-0.2, -0.15) is 0 Å². The van der Waals surface area contributed by atoms with Gasteiger partial charge < -0.3 is 9.42 Å². The van der Waals surface area contributed by atoms with Crippen molar-refractivity contribution < 1.29 is 9.32 Å². The highest BCUT2D eigenvalue weighted by molar-refractivity contribution is 9.09. The molecule has 1 aromatic heterocycles. The third kappa shape index (κ3) is 2.30. The van der Waals surface area contributed by atoms with Gasteiger partial charge in [-0.05, 0) is 6.92 Å². The lowest BCUT2D eigenvalue weighted by Crippen LogP contribution is -2.36. The van der Waals surface area contributed by atoms with Gasteiger partial charge in [0.2, 0.25) is 0 Å². The van der Waals surface area contributed by atoms with Gasteiger partial charge in [-0.15, -0.1) is 0 Å². The molecule has 4 nitrogen and oxygen atoms in total. The number of carbonyl (C=O) groups is 1. The maximum atomic E-state index is 11.6. The number of amides is 1. The maximum Gasteiger partial charge on any atom is 0.276 e. The number of nitrogens with zero attached hydrogens (tertiary/aromatic N) is 2. The highest BCUT2D eigenvalue weighted by Crippen LogP contribution is 2.05. The predicted molar refractivity (Wildman–Crippen MR) is 51.9 cm³/mol. The summed E-state index contributed by atoms with van der Waals surface area (Å²) in [5.41, 5.74) is 0.343. The van der Waals surface area contributed by atoms with Crippen LogP contribution in [0, 0.1) is 0 Å². The summed E-state index contributed by atoms with van der Waals surface area (Å²) in [5, 5.41) is 4.32. The van der Waals surface area contributed by atoms with E-state index in [0.29, 0.717) is 5.69 Å². The summed E-state index contributed by atoms with van der Waals surface area (Å²) in [4.78, 5) is 13.2. The highest BCUT2D eigenvalue weighted by atomic mass is 79.9. The Kier molecular flexibility index (Phi) is 3.48. The second-order valence-corrected chi connectivity index (χ2v) is 3.45. The highest BCUT2D eigenvalue weighted by Gasteiger charge is 2.18. The SMILES string of the molecule is CC(CBr)N(C)C(=O)c1ccon1. The van der Waals surface area contributed by atoms with E-state index in [-0.39, 0.29) is 11.9 Å². The van der Waals surface area contributed by atoms with Gasteiger partial charge in [0.1, 0.15) is 6.26 Å². The zero-order chi connectivity index (χ0) is 9.84. The molecule has 0 fully saturated rings. The minimum absolute atomic E-state index is 0.124. The van der Waals surface area contributed by atoms with Gasteiger partial charge >= 0.3 is 0 Å². The second-order valence-electron chi connectivity index (χ2n) is 2.80. The van der Waals surface area contributed by atoms with Crippen molar-refractivity contribution in [2.45, 2.75) is 13.0 Å². The molecule has 0 aliphatic rings. The lowest BCUT2D eigenvalue weighted by atomic mass is 10.3. The van der Waals surface area contributed by atoms with Crippen LogP contribution in [-0.2, 0) is 0 Å². The average molecular weight is 247 g/mol. The molecule has 0 saturated carbocycles. The summed E-state index contributed by atoms with van der Waals surface area (Å²) in [7, 11) is 1.74. The van der Waals surface area contributed by atoms with Crippen LogP contribution < -0.4 is 0 Å². The van der Waals surface area contributed by atoms with Crippen LogP contribution in [-0.4, -0.2) is 34.4 Å². The third-order valence-electron chi connectivity index (χ3n) is 1.86. The number of hydrogen-bond donors (Lipinski definition) is 0. The van der Waals surface area contributed by atoms with E-state index >= 15 is 0 Å². The quantitative estimate of drug-likeness (QED) is 0.761. The fourth-order valence-corrected chi connectivity index (χ4v) is 1.24. The van der Waals surface area contributed by atoms with Crippen LogP contribution in [0.25, 0.3) is 0 Å². The summed E-state index contributed by atoms with van der Waals surface area (Å²) in [6, 6.07) is 1.70. The monoisotopic (exact) mass is 246 g/mol. The largest absolute Gasteiger partial charge is 0.364 e. The molecular formula is C8H11BrN2O2. The summed E-state index contributed by atoms with van der Waals surface area (Å²) in [6.45, 7) is 1.95. The van der Waals surface area contributed by atoms with Crippen LogP contribution in [0.3, 0.4) is 0 Å². The van der Waals surface area contributed by atoms with Gasteiger partial charge in [-0.3, -0.25) is 4.79 Å². The molecule has 0 bridgehead atoms. The van der Waals surface area contributed by atoms with E-state index in [1.807, 2.05) is 6.92 Å². The van der Waals surface area contributed by atoms with Crippen molar-refractivity contribution in [3.05, 3.63) is 18.0 Å². The first-order valence-corrected chi connectivity index (χ1v) is 5.02. The first kappa shape index (κ1) is 10.2. The molecule has 0 aliphatic heterocycles. The molecule has 1 amide bonds. The van der Waals surface area contributed by atoms with Crippen LogP contribution in [0.1, 0.15) is 17.4 Å². The molecule has 13 heavy (non-hydrogen) atoms. The molecule has 72 valence electrons. The van der Waals surface area contributed by atoms with Gasteiger partial charge in [-0.1, -0.05) is 21.1 Å². The number of carbonyl (C=O) groups excluding carboxylic acids is 1. The molecule has 0 aliphatic carbocycles. The summed E-state index contributed by atoms with van der Waals surface area (Å²) in [6.07, 6.45) is 1.39.